The molecule has 0 unspecified atom stereocenters. The number of nitrogens with one attached hydrogen (secondary N) is 1. The molecule has 5 nitrogen and oxygen atoms in total. The highest BCUT2D eigenvalue weighted by molar-refractivity contribution is 6.02. The largest absolute Gasteiger partial charge is 0.380 e. The Morgan fingerprint density at radius 1 is 0.973 bits per heavy atom. The lowest BCUT2D eigenvalue weighted by atomic mass is 9.92. The zero-order valence-corrected chi connectivity index (χ0v) is 21.2. The molecule has 0 radical (unpaired) electrons. The van der Waals surface area contributed by atoms with Gasteiger partial charge in [0.15, 0.2) is 5.78 Å². The first-order valence-electron chi connectivity index (χ1n) is 12.7. The minimum absolute atomic E-state index is 0.00154. The molecule has 0 bridgehead atoms. The molecular weight excluding hydrogens is 467 g/mol. The third kappa shape index (κ3) is 6.27. The van der Waals surface area contributed by atoms with Crippen LogP contribution in [0.1, 0.15) is 58.5 Å². The van der Waals surface area contributed by atoms with Gasteiger partial charge in [-0.1, -0.05) is 56.3 Å². The molecule has 1 amide bonds. The van der Waals surface area contributed by atoms with E-state index in [2.05, 4.69) is 10.3 Å². The van der Waals surface area contributed by atoms with Crippen LogP contribution >= 0.6 is 0 Å². The van der Waals surface area contributed by atoms with E-state index >= 15 is 4.39 Å². The van der Waals surface area contributed by atoms with Gasteiger partial charge in [-0.15, -0.1) is 0 Å². The van der Waals surface area contributed by atoms with Crippen molar-refractivity contribution < 1.29 is 18.7 Å². The number of hydrogen-bond donors (Lipinski definition) is 1. The van der Waals surface area contributed by atoms with Crippen LogP contribution in [0.25, 0.3) is 22.0 Å². The molecule has 37 heavy (non-hydrogen) atoms. The first-order chi connectivity index (χ1) is 18.0. The first-order valence-corrected chi connectivity index (χ1v) is 12.7. The van der Waals surface area contributed by atoms with Gasteiger partial charge in [0.2, 0.25) is 0 Å². The van der Waals surface area contributed by atoms with Crippen molar-refractivity contribution in [2.75, 3.05) is 19.8 Å². The summed E-state index contributed by atoms with van der Waals surface area (Å²) in [5.74, 6) is -0.616. The minimum atomic E-state index is -0.412. The number of halogens is 1. The Kier molecular flexibility index (Phi) is 8.75. The molecule has 4 aromatic rings. The van der Waals surface area contributed by atoms with Crippen LogP contribution in [0.5, 0.6) is 0 Å². The van der Waals surface area contributed by atoms with Gasteiger partial charge in [-0.2, -0.15) is 0 Å². The number of benzene rings is 3. The van der Waals surface area contributed by atoms with E-state index in [1.165, 1.54) is 6.07 Å². The molecule has 0 aliphatic heterocycles. The Morgan fingerprint density at radius 3 is 2.43 bits per heavy atom. The van der Waals surface area contributed by atoms with Crippen LogP contribution < -0.4 is 5.32 Å². The average Bonchev–Trinajstić information content (AvgIpc) is 2.93. The fraction of sp³-hybridized carbons (Fsp3) is 0.258. The molecule has 0 aliphatic carbocycles. The van der Waals surface area contributed by atoms with Gasteiger partial charge < -0.3 is 10.1 Å². The number of carbonyl (C=O) groups is 2. The van der Waals surface area contributed by atoms with Crippen LogP contribution in [-0.4, -0.2) is 36.4 Å². The van der Waals surface area contributed by atoms with E-state index in [4.69, 9.17) is 4.74 Å². The summed E-state index contributed by atoms with van der Waals surface area (Å²) in [5, 5.41) is 3.57. The van der Waals surface area contributed by atoms with E-state index in [1.807, 2.05) is 44.2 Å². The van der Waals surface area contributed by atoms with Crippen LogP contribution in [0.4, 0.5) is 4.39 Å². The Hall–Kier alpha value is -3.90. The van der Waals surface area contributed by atoms with Crippen LogP contribution in [-0.2, 0) is 11.2 Å². The lowest BCUT2D eigenvalue weighted by Gasteiger charge is -2.14. The zero-order chi connectivity index (χ0) is 26.2. The maximum Gasteiger partial charge on any atom is 0.251 e. The van der Waals surface area contributed by atoms with Crippen LogP contribution in [0.15, 0.2) is 72.9 Å². The van der Waals surface area contributed by atoms with E-state index in [0.29, 0.717) is 60.4 Å². The van der Waals surface area contributed by atoms with Gasteiger partial charge in [0, 0.05) is 53.9 Å². The Labute approximate surface area is 216 Å². The normalized spacial score (nSPS) is 11.0. The quantitative estimate of drug-likeness (QED) is 0.192. The van der Waals surface area contributed by atoms with E-state index in [1.54, 1.807) is 36.5 Å². The highest BCUT2D eigenvalue weighted by atomic mass is 19.1. The number of aromatic nitrogens is 1. The average molecular weight is 499 g/mol. The van der Waals surface area contributed by atoms with Gasteiger partial charge in [0.1, 0.15) is 5.82 Å². The fourth-order valence-corrected chi connectivity index (χ4v) is 4.30. The third-order valence-electron chi connectivity index (χ3n) is 6.25. The lowest BCUT2D eigenvalue weighted by Crippen LogP contribution is -2.27. The number of ketones is 1. The van der Waals surface area contributed by atoms with Crippen molar-refractivity contribution in [1.82, 2.24) is 10.3 Å². The van der Waals surface area contributed by atoms with Crippen LogP contribution in [0, 0.1) is 5.82 Å². The standard InChI is InChI=1S/C31H31FN2O3/c1-3-15-37-16-14-33-31(36)23-12-10-22(11-13-23)24-18-26-25(17-21-8-6-5-7-9-21)27(30(35)4-2)20-34-29(26)19-28(24)32/h5-13,18-20H,3-4,14-17H2,1-2H3,(H,33,36). The number of nitrogens with zero attached hydrogens (tertiary/aromatic N) is 1. The molecule has 190 valence electrons. The molecule has 0 saturated carbocycles. The number of pyridine rings is 1. The van der Waals surface area contributed by atoms with E-state index < -0.39 is 5.82 Å². The predicted molar refractivity (Wildman–Crippen MR) is 144 cm³/mol. The highest BCUT2D eigenvalue weighted by Crippen LogP contribution is 2.32. The molecule has 1 aromatic heterocycles. The summed E-state index contributed by atoms with van der Waals surface area (Å²) in [5.41, 5.74) is 4.48. The Morgan fingerprint density at radius 2 is 1.73 bits per heavy atom. The summed E-state index contributed by atoms with van der Waals surface area (Å²) in [7, 11) is 0. The molecule has 1 heterocycles. The topological polar surface area (TPSA) is 68.3 Å². The van der Waals surface area contributed by atoms with Gasteiger partial charge in [-0.05, 0) is 47.7 Å². The number of ether oxygens (including phenoxy) is 1. The molecular formula is C31H31FN2O3. The van der Waals surface area contributed by atoms with E-state index in [-0.39, 0.29) is 11.7 Å². The number of amides is 1. The number of hydrogen-bond acceptors (Lipinski definition) is 4. The lowest BCUT2D eigenvalue weighted by molar-refractivity contribution is 0.0915. The first kappa shape index (κ1) is 26.2. The minimum Gasteiger partial charge on any atom is -0.380 e. The van der Waals surface area contributed by atoms with Gasteiger partial charge >= 0.3 is 0 Å². The van der Waals surface area contributed by atoms with Crippen molar-refractivity contribution in [3.63, 3.8) is 0 Å². The second-order valence-corrected chi connectivity index (χ2v) is 8.88. The van der Waals surface area contributed by atoms with Crippen molar-refractivity contribution >= 4 is 22.6 Å². The molecule has 0 spiro atoms. The molecule has 0 atom stereocenters. The Bertz CT molecular complexity index is 1390. The zero-order valence-electron chi connectivity index (χ0n) is 21.2. The van der Waals surface area contributed by atoms with Crippen molar-refractivity contribution in [2.24, 2.45) is 0 Å². The smallest absolute Gasteiger partial charge is 0.251 e. The summed E-state index contributed by atoms with van der Waals surface area (Å²) in [6.45, 7) is 5.41. The summed E-state index contributed by atoms with van der Waals surface area (Å²) in [6.07, 6.45) is 3.39. The maximum absolute atomic E-state index is 15.2. The fourth-order valence-electron chi connectivity index (χ4n) is 4.30. The van der Waals surface area contributed by atoms with Crippen molar-refractivity contribution in [3.05, 3.63) is 101 Å². The van der Waals surface area contributed by atoms with Crippen molar-refractivity contribution in [3.8, 4) is 11.1 Å². The molecule has 3 aromatic carbocycles. The molecule has 1 N–H and O–H groups in total. The molecule has 0 fully saturated rings. The van der Waals surface area contributed by atoms with Crippen molar-refractivity contribution in [1.29, 1.82) is 0 Å². The van der Waals surface area contributed by atoms with E-state index in [0.717, 1.165) is 22.9 Å². The van der Waals surface area contributed by atoms with Crippen LogP contribution in [0.3, 0.4) is 0 Å². The second kappa shape index (κ2) is 12.4. The second-order valence-electron chi connectivity index (χ2n) is 8.88. The number of carbonyl (C=O) groups excluding carboxylic acids is 2. The predicted octanol–water partition coefficient (Wildman–Crippen LogP) is 6.38. The summed E-state index contributed by atoms with van der Waals surface area (Å²) >= 11 is 0. The van der Waals surface area contributed by atoms with Crippen LogP contribution in [0.2, 0.25) is 0 Å². The number of fused-ring (bicyclic) bond motifs is 1. The monoisotopic (exact) mass is 498 g/mol. The van der Waals surface area contributed by atoms with Crippen molar-refractivity contribution in [2.45, 2.75) is 33.1 Å². The van der Waals surface area contributed by atoms with Gasteiger partial charge in [-0.25, -0.2) is 4.39 Å². The van der Waals surface area contributed by atoms with E-state index in [9.17, 15) is 9.59 Å². The molecule has 6 heteroatoms. The molecule has 4 rings (SSSR count). The maximum atomic E-state index is 15.2. The Balaban J connectivity index is 1.67. The van der Waals surface area contributed by atoms with Gasteiger partial charge in [0.25, 0.3) is 5.91 Å². The summed E-state index contributed by atoms with van der Waals surface area (Å²) in [6, 6.07) is 19.9. The van der Waals surface area contributed by atoms with Gasteiger partial charge in [0.05, 0.1) is 12.1 Å². The number of rotatable bonds is 11. The summed E-state index contributed by atoms with van der Waals surface area (Å²) < 4.78 is 20.6. The number of Topliss-reactive ketones (excluding diaryl/α,β-unsaturated/α-hetero) is 1. The van der Waals surface area contributed by atoms with Gasteiger partial charge in [-0.3, -0.25) is 14.6 Å². The summed E-state index contributed by atoms with van der Waals surface area (Å²) in [4.78, 5) is 29.6. The SMILES string of the molecule is CCCOCCNC(=O)c1ccc(-c2cc3c(Cc4ccccc4)c(C(=O)CC)cnc3cc2F)cc1. The molecule has 0 aliphatic rings. The highest BCUT2D eigenvalue weighted by Gasteiger charge is 2.18. The third-order valence-corrected chi connectivity index (χ3v) is 6.25. The molecule has 0 saturated heterocycles.